The minimum absolute atomic E-state index is 0.125. The number of hydrogen-bond acceptors (Lipinski definition) is 7. The van der Waals surface area contributed by atoms with Crippen LogP contribution in [0.15, 0.2) is 17.5 Å². The molecule has 6 amide bonds. The smallest absolute Gasteiger partial charge is 0.326 e. The minimum Gasteiger partial charge on any atom is -0.454 e. The molecule has 0 bridgehead atoms. The zero-order valence-electron chi connectivity index (χ0n) is 19.1. The lowest BCUT2D eigenvalue weighted by molar-refractivity contribution is -0.151. The van der Waals surface area contributed by atoms with Crippen molar-refractivity contribution >= 4 is 41.2 Å². The van der Waals surface area contributed by atoms with E-state index in [9.17, 15) is 24.0 Å². The molecule has 1 aliphatic heterocycles. The van der Waals surface area contributed by atoms with Crippen LogP contribution in [-0.2, 0) is 25.5 Å². The first-order valence-electron chi connectivity index (χ1n) is 10.9. The van der Waals surface area contributed by atoms with Gasteiger partial charge >= 0.3 is 18.0 Å². The molecule has 10 nitrogen and oxygen atoms in total. The van der Waals surface area contributed by atoms with Crippen LogP contribution in [0.3, 0.4) is 0 Å². The number of nitrogens with one attached hydrogen (secondary N) is 3. The molecule has 1 aromatic heterocycles. The molecule has 11 heteroatoms. The van der Waals surface area contributed by atoms with E-state index in [0.29, 0.717) is 25.8 Å². The molecule has 3 N–H and O–H groups in total. The van der Waals surface area contributed by atoms with Crippen LogP contribution < -0.4 is 16.0 Å². The number of hydrogen-bond donors (Lipinski definition) is 3. The third-order valence-corrected chi connectivity index (χ3v) is 6.70. The third kappa shape index (κ3) is 6.31. The van der Waals surface area contributed by atoms with Gasteiger partial charge in [0, 0.05) is 11.4 Å². The van der Waals surface area contributed by atoms with Crippen molar-refractivity contribution in [1.29, 1.82) is 0 Å². The van der Waals surface area contributed by atoms with Crippen molar-refractivity contribution < 1.29 is 28.7 Å². The Hall–Kier alpha value is -2.95. The lowest BCUT2D eigenvalue weighted by atomic mass is 9.64. The van der Waals surface area contributed by atoms with Gasteiger partial charge in [0.05, 0.1) is 0 Å². The Morgan fingerprint density at radius 1 is 1.27 bits per heavy atom. The average molecular weight is 479 g/mol. The summed E-state index contributed by atoms with van der Waals surface area (Å²) in [6.45, 7) is 5.20. The van der Waals surface area contributed by atoms with Crippen LogP contribution >= 0.6 is 11.3 Å². The van der Waals surface area contributed by atoms with Crippen molar-refractivity contribution in [1.82, 2.24) is 20.9 Å². The molecule has 1 saturated heterocycles. The summed E-state index contributed by atoms with van der Waals surface area (Å²) in [6, 6.07) is 2.51. The van der Waals surface area contributed by atoms with Crippen molar-refractivity contribution in [3.8, 4) is 0 Å². The summed E-state index contributed by atoms with van der Waals surface area (Å²) in [6.07, 6.45) is 2.58. The number of ether oxygens (including phenoxy) is 1. The monoisotopic (exact) mass is 478 g/mol. The quantitative estimate of drug-likeness (QED) is 0.404. The Labute approximate surface area is 196 Å². The summed E-state index contributed by atoms with van der Waals surface area (Å²) in [4.78, 5) is 63.2. The van der Waals surface area contributed by atoms with E-state index < -0.39 is 48.5 Å². The number of amides is 6. The van der Waals surface area contributed by atoms with Gasteiger partial charge in [-0.05, 0) is 48.5 Å². The van der Waals surface area contributed by atoms with Gasteiger partial charge in [-0.2, -0.15) is 0 Å². The SMILES string of the molecule is CC1CC(C)(C)CC2(C1)NC(=O)N(CC(=O)OCC(=O)NC(=O)NCCc1cccs1)C2=O. The van der Waals surface area contributed by atoms with Gasteiger partial charge in [-0.3, -0.25) is 24.6 Å². The second-order valence-electron chi connectivity index (χ2n) is 9.55. The molecule has 2 unspecified atom stereocenters. The van der Waals surface area contributed by atoms with Crippen molar-refractivity contribution in [2.75, 3.05) is 19.7 Å². The van der Waals surface area contributed by atoms with E-state index in [0.717, 1.165) is 16.2 Å². The molecule has 1 saturated carbocycles. The van der Waals surface area contributed by atoms with Crippen LogP contribution in [0.25, 0.3) is 0 Å². The van der Waals surface area contributed by atoms with Gasteiger partial charge in [-0.1, -0.05) is 26.8 Å². The highest BCUT2D eigenvalue weighted by atomic mass is 32.1. The highest BCUT2D eigenvalue weighted by Crippen LogP contribution is 2.46. The first-order chi connectivity index (χ1) is 15.5. The molecule has 0 aromatic carbocycles. The molecule has 2 aliphatic rings. The van der Waals surface area contributed by atoms with Gasteiger partial charge in [0.2, 0.25) is 0 Å². The molecule has 1 aromatic rings. The summed E-state index contributed by atoms with van der Waals surface area (Å²) in [5.41, 5.74) is -1.14. The van der Waals surface area contributed by atoms with Crippen molar-refractivity contribution in [3.63, 3.8) is 0 Å². The first kappa shape index (κ1) is 24.7. The Morgan fingerprint density at radius 3 is 2.70 bits per heavy atom. The van der Waals surface area contributed by atoms with Gasteiger partial charge < -0.3 is 15.4 Å². The van der Waals surface area contributed by atoms with Gasteiger partial charge in [0.1, 0.15) is 12.1 Å². The fourth-order valence-electron chi connectivity index (χ4n) is 4.93. The summed E-state index contributed by atoms with van der Waals surface area (Å²) in [5.74, 6) is -1.93. The maximum absolute atomic E-state index is 13.0. The highest BCUT2D eigenvalue weighted by Gasteiger charge is 2.56. The van der Waals surface area contributed by atoms with Gasteiger partial charge in [-0.15, -0.1) is 11.3 Å². The van der Waals surface area contributed by atoms with E-state index in [-0.39, 0.29) is 11.3 Å². The topological polar surface area (TPSA) is 134 Å². The number of thiophene rings is 1. The van der Waals surface area contributed by atoms with Crippen LogP contribution in [0.4, 0.5) is 9.59 Å². The molecule has 0 radical (unpaired) electrons. The van der Waals surface area contributed by atoms with Crippen molar-refractivity contribution in [3.05, 3.63) is 22.4 Å². The summed E-state index contributed by atoms with van der Waals surface area (Å²) >= 11 is 1.57. The lowest BCUT2D eigenvalue weighted by Gasteiger charge is -2.43. The van der Waals surface area contributed by atoms with Gasteiger partial charge in [0.25, 0.3) is 11.8 Å². The van der Waals surface area contributed by atoms with Crippen molar-refractivity contribution in [2.24, 2.45) is 11.3 Å². The van der Waals surface area contributed by atoms with Crippen LogP contribution in [0.2, 0.25) is 0 Å². The molecule has 180 valence electrons. The van der Waals surface area contributed by atoms with Crippen LogP contribution in [-0.4, -0.2) is 60.0 Å². The first-order valence-corrected chi connectivity index (χ1v) is 11.8. The molecule has 2 heterocycles. The molecule has 33 heavy (non-hydrogen) atoms. The molecule has 3 rings (SSSR count). The molecule has 1 spiro atoms. The summed E-state index contributed by atoms with van der Waals surface area (Å²) < 4.78 is 4.86. The zero-order chi connectivity index (χ0) is 24.2. The number of carbonyl (C=O) groups is 5. The van der Waals surface area contributed by atoms with E-state index in [1.165, 1.54) is 0 Å². The number of esters is 1. The van der Waals surface area contributed by atoms with Crippen LogP contribution in [0.1, 0.15) is 44.9 Å². The Kier molecular flexibility index (Phi) is 7.41. The predicted molar refractivity (Wildman–Crippen MR) is 120 cm³/mol. The Morgan fingerprint density at radius 2 is 2.03 bits per heavy atom. The van der Waals surface area contributed by atoms with E-state index in [1.54, 1.807) is 11.3 Å². The minimum atomic E-state index is -1.02. The predicted octanol–water partition coefficient (Wildman–Crippen LogP) is 1.80. The Balaban J connectivity index is 1.42. The molecule has 1 aliphatic carbocycles. The highest BCUT2D eigenvalue weighted by molar-refractivity contribution is 7.09. The van der Waals surface area contributed by atoms with Gasteiger partial charge in [0.15, 0.2) is 6.61 Å². The zero-order valence-corrected chi connectivity index (χ0v) is 19.9. The van der Waals surface area contributed by atoms with E-state index >= 15 is 0 Å². The maximum atomic E-state index is 13.0. The Bertz CT molecular complexity index is 931. The van der Waals surface area contributed by atoms with Gasteiger partial charge in [-0.25, -0.2) is 9.59 Å². The summed E-state index contributed by atoms with van der Waals surface area (Å²) in [7, 11) is 0. The largest absolute Gasteiger partial charge is 0.454 e. The number of rotatable bonds is 7. The number of imide groups is 2. The van der Waals surface area contributed by atoms with Crippen LogP contribution in [0.5, 0.6) is 0 Å². The lowest BCUT2D eigenvalue weighted by Crippen LogP contribution is -2.54. The normalized spacial score (nSPS) is 23.8. The number of nitrogens with zero attached hydrogens (tertiary/aromatic N) is 1. The number of carbonyl (C=O) groups excluding carboxylic acids is 5. The average Bonchev–Trinajstić information content (AvgIpc) is 3.28. The molecular weight excluding hydrogens is 448 g/mol. The van der Waals surface area contributed by atoms with Crippen molar-refractivity contribution in [2.45, 2.75) is 52.0 Å². The van der Waals surface area contributed by atoms with E-state index in [4.69, 9.17) is 4.74 Å². The summed E-state index contributed by atoms with van der Waals surface area (Å²) in [5, 5.41) is 9.32. The van der Waals surface area contributed by atoms with E-state index in [2.05, 4.69) is 29.8 Å². The standard InChI is InChI=1S/C22H30N4O6S/c1-14-9-21(2,3)13-22(10-14)18(29)26(20(31)25-22)11-17(28)32-12-16(27)24-19(30)23-7-6-15-5-4-8-33-15/h4-5,8,14H,6-7,9-13H2,1-3H3,(H,25,31)(H2,23,24,27,30). The number of urea groups is 2. The second kappa shape index (κ2) is 9.90. The second-order valence-corrected chi connectivity index (χ2v) is 10.6. The maximum Gasteiger partial charge on any atom is 0.326 e. The molecule has 2 fully saturated rings. The fraction of sp³-hybridized carbons (Fsp3) is 0.591. The van der Waals surface area contributed by atoms with E-state index in [1.807, 2.05) is 24.4 Å². The fourth-order valence-corrected chi connectivity index (χ4v) is 5.64. The molecule has 2 atom stereocenters. The third-order valence-electron chi connectivity index (χ3n) is 5.77. The van der Waals surface area contributed by atoms with Crippen LogP contribution in [0, 0.1) is 11.3 Å². The molecular formula is C22H30N4O6S.